The molecule has 2 amide bonds. The van der Waals surface area contributed by atoms with E-state index < -0.39 is 30.2 Å². The lowest BCUT2D eigenvalue weighted by Crippen LogP contribution is -2.30. The summed E-state index contributed by atoms with van der Waals surface area (Å²) in [7, 11) is 1.45. The van der Waals surface area contributed by atoms with Gasteiger partial charge in [0.1, 0.15) is 5.69 Å². The van der Waals surface area contributed by atoms with E-state index in [1.165, 1.54) is 25.6 Å². The van der Waals surface area contributed by atoms with Gasteiger partial charge >= 0.3 is 0 Å². The highest BCUT2D eigenvalue weighted by Gasteiger charge is 2.58. The predicted octanol–water partition coefficient (Wildman–Crippen LogP) is 3.76. The molecule has 1 atom stereocenters. The molecule has 1 fully saturated rings. The van der Waals surface area contributed by atoms with Crippen LogP contribution in [0.5, 0.6) is 5.75 Å². The Morgan fingerprint density at radius 2 is 1.86 bits per heavy atom. The molecule has 3 aromatic rings. The summed E-state index contributed by atoms with van der Waals surface area (Å²) < 4.78 is 32.1. The normalized spacial score (nSPS) is 15.6. The van der Waals surface area contributed by atoms with Crippen molar-refractivity contribution in [3.8, 4) is 17.1 Å². The average Bonchev–Trinajstić information content (AvgIpc) is 3.47. The first-order valence-corrected chi connectivity index (χ1v) is 11.1. The number of nitrogens with zero attached hydrogens (tertiary/aromatic N) is 3. The summed E-state index contributed by atoms with van der Waals surface area (Å²) in [6, 6.07) is 5.15. The monoisotopic (exact) mass is 518 g/mol. The minimum absolute atomic E-state index is 0.0342. The van der Waals surface area contributed by atoms with E-state index in [0.29, 0.717) is 27.8 Å². The SMILES string of the molecule is CCONC(=O)c1cnc(C(=O)NC2CC2(F)F)cc1Nc1cccc(-c2ncc(Cl)cn2)c1OC. The minimum atomic E-state index is -2.94. The summed E-state index contributed by atoms with van der Waals surface area (Å²) in [4.78, 5) is 42.6. The first-order valence-electron chi connectivity index (χ1n) is 10.8. The Kier molecular flexibility index (Phi) is 7.27. The number of halogens is 3. The first-order chi connectivity index (χ1) is 17.2. The molecule has 1 aromatic carbocycles. The Balaban J connectivity index is 1.70. The largest absolute Gasteiger partial charge is 0.494 e. The highest BCUT2D eigenvalue weighted by molar-refractivity contribution is 6.30. The molecular weight excluding hydrogens is 498 g/mol. The maximum absolute atomic E-state index is 13.3. The maximum atomic E-state index is 13.3. The number of methoxy groups -OCH3 is 1. The molecular formula is C23H21ClF2N6O4. The number of nitrogens with one attached hydrogen (secondary N) is 3. The Labute approximate surface area is 209 Å². The molecule has 0 aliphatic heterocycles. The van der Waals surface area contributed by atoms with Crippen LogP contribution in [0.1, 0.15) is 34.2 Å². The van der Waals surface area contributed by atoms with E-state index in [0.717, 1.165) is 6.20 Å². The fraction of sp³-hybridized carbons (Fsp3) is 0.261. The number of ether oxygens (including phenoxy) is 1. The number of alkyl halides is 2. The Morgan fingerprint density at radius 3 is 2.50 bits per heavy atom. The molecule has 2 aromatic heterocycles. The zero-order valence-corrected chi connectivity index (χ0v) is 19.9. The van der Waals surface area contributed by atoms with Crippen molar-refractivity contribution >= 4 is 34.8 Å². The third-order valence-corrected chi connectivity index (χ3v) is 5.37. The summed E-state index contributed by atoms with van der Waals surface area (Å²) in [6.07, 6.45) is 3.60. The number of benzene rings is 1. The molecule has 0 saturated heterocycles. The highest BCUT2D eigenvalue weighted by Crippen LogP contribution is 2.42. The number of rotatable bonds is 9. The number of hydrogen-bond acceptors (Lipinski definition) is 8. The van der Waals surface area contributed by atoms with Gasteiger partial charge in [0, 0.05) is 25.0 Å². The second-order valence-corrected chi connectivity index (χ2v) is 8.14. The molecule has 10 nitrogen and oxygen atoms in total. The van der Waals surface area contributed by atoms with E-state index in [2.05, 4.69) is 31.1 Å². The molecule has 13 heteroatoms. The van der Waals surface area contributed by atoms with Crippen molar-refractivity contribution in [3.05, 3.63) is 59.1 Å². The average molecular weight is 519 g/mol. The quantitative estimate of drug-likeness (QED) is 0.365. The van der Waals surface area contributed by atoms with E-state index in [-0.39, 0.29) is 23.6 Å². The van der Waals surface area contributed by atoms with Crippen molar-refractivity contribution in [1.82, 2.24) is 25.7 Å². The molecule has 1 aliphatic carbocycles. The van der Waals surface area contributed by atoms with Crippen LogP contribution in [-0.2, 0) is 4.84 Å². The lowest BCUT2D eigenvalue weighted by atomic mass is 10.1. The van der Waals surface area contributed by atoms with Gasteiger partial charge in [-0.25, -0.2) is 24.2 Å². The summed E-state index contributed by atoms with van der Waals surface area (Å²) in [5.41, 5.74) is 3.23. The second-order valence-electron chi connectivity index (χ2n) is 7.71. The lowest BCUT2D eigenvalue weighted by molar-refractivity contribution is 0.0365. The number of hydroxylamine groups is 1. The predicted molar refractivity (Wildman–Crippen MR) is 126 cm³/mol. The van der Waals surface area contributed by atoms with Gasteiger partial charge in [-0.3, -0.25) is 19.4 Å². The van der Waals surface area contributed by atoms with Gasteiger partial charge in [0.05, 0.1) is 47.3 Å². The van der Waals surface area contributed by atoms with Crippen LogP contribution >= 0.6 is 11.6 Å². The van der Waals surface area contributed by atoms with Gasteiger partial charge in [-0.15, -0.1) is 0 Å². The molecule has 188 valence electrons. The van der Waals surface area contributed by atoms with Crippen LogP contribution in [0.2, 0.25) is 5.02 Å². The Bertz CT molecular complexity index is 1290. The molecule has 2 heterocycles. The molecule has 1 saturated carbocycles. The standard InChI is InChI=1S/C23H21ClF2N6O4/c1-3-36-32-21(33)14-11-27-17(22(34)31-18-8-23(18,25)26)7-16(14)30-15-6-4-5-13(19(15)35-2)20-28-9-12(24)10-29-20/h4-7,9-11,18H,3,8H2,1-2H3,(H,27,30)(H,31,34)(H,32,33). The zero-order chi connectivity index (χ0) is 25.9. The summed E-state index contributed by atoms with van der Waals surface area (Å²) in [5, 5.41) is 5.66. The second kappa shape index (κ2) is 10.4. The topological polar surface area (TPSA) is 127 Å². The molecule has 0 spiro atoms. The number of aromatic nitrogens is 3. The van der Waals surface area contributed by atoms with Gasteiger partial charge in [-0.1, -0.05) is 17.7 Å². The molecule has 3 N–H and O–H groups in total. The summed E-state index contributed by atoms with van der Waals surface area (Å²) in [6.45, 7) is 1.91. The van der Waals surface area contributed by atoms with Gasteiger partial charge in [0.25, 0.3) is 17.7 Å². The van der Waals surface area contributed by atoms with E-state index in [9.17, 15) is 18.4 Å². The summed E-state index contributed by atoms with van der Waals surface area (Å²) in [5.74, 6) is -3.69. The molecule has 1 aliphatic rings. The van der Waals surface area contributed by atoms with Crippen LogP contribution in [0.4, 0.5) is 20.2 Å². The zero-order valence-electron chi connectivity index (χ0n) is 19.1. The minimum Gasteiger partial charge on any atom is -0.494 e. The smallest absolute Gasteiger partial charge is 0.278 e. The van der Waals surface area contributed by atoms with Crippen molar-refractivity contribution < 1.29 is 27.9 Å². The Hall–Kier alpha value is -3.90. The van der Waals surface area contributed by atoms with Crippen molar-refractivity contribution in [1.29, 1.82) is 0 Å². The van der Waals surface area contributed by atoms with Crippen molar-refractivity contribution in [3.63, 3.8) is 0 Å². The maximum Gasteiger partial charge on any atom is 0.278 e. The van der Waals surface area contributed by atoms with E-state index in [1.54, 1.807) is 25.1 Å². The number of pyridine rings is 1. The molecule has 0 radical (unpaired) electrons. The van der Waals surface area contributed by atoms with Crippen LogP contribution in [0, 0.1) is 0 Å². The number of amides is 2. The van der Waals surface area contributed by atoms with Gasteiger partial charge in [-0.2, -0.15) is 0 Å². The van der Waals surface area contributed by atoms with E-state index in [1.807, 2.05) is 0 Å². The van der Waals surface area contributed by atoms with E-state index in [4.69, 9.17) is 21.2 Å². The number of carbonyl (C=O) groups excluding carboxylic acids is 2. The molecule has 1 unspecified atom stereocenters. The van der Waals surface area contributed by atoms with Crippen molar-refractivity contribution in [2.45, 2.75) is 25.3 Å². The number of anilines is 2. The summed E-state index contributed by atoms with van der Waals surface area (Å²) >= 11 is 5.89. The van der Waals surface area contributed by atoms with Crippen LogP contribution in [0.3, 0.4) is 0 Å². The van der Waals surface area contributed by atoms with Crippen LogP contribution in [0.15, 0.2) is 42.9 Å². The van der Waals surface area contributed by atoms with Crippen LogP contribution in [-0.4, -0.2) is 52.4 Å². The van der Waals surface area contributed by atoms with Gasteiger partial charge in [-0.05, 0) is 25.1 Å². The van der Waals surface area contributed by atoms with E-state index >= 15 is 0 Å². The lowest BCUT2D eigenvalue weighted by Gasteiger charge is -2.17. The number of para-hydroxylation sites is 1. The van der Waals surface area contributed by atoms with Crippen LogP contribution in [0.25, 0.3) is 11.4 Å². The molecule has 0 bridgehead atoms. The van der Waals surface area contributed by atoms with Gasteiger partial charge < -0.3 is 15.4 Å². The van der Waals surface area contributed by atoms with Gasteiger partial charge in [0.2, 0.25) is 0 Å². The van der Waals surface area contributed by atoms with Gasteiger partial charge in [0.15, 0.2) is 11.6 Å². The third kappa shape index (κ3) is 5.50. The highest BCUT2D eigenvalue weighted by atomic mass is 35.5. The third-order valence-electron chi connectivity index (χ3n) is 5.17. The molecule has 4 rings (SSSR count). The Morgan fingerprint density at radius 1 is 1.14 bits per heavy atom. The fourth-order valence-electron chi connectivity index (χ4n) is 3.29. The molecule has 36 heavy (non-hydrogen) atoms. The fourth-order valence-corrected chi connectivity index (χ4v) is 3.38. The first kappa shape index (κ1) is 25.2. The van der Waals surface area contributed by atoms with Crippen LogP contribution < -0.4 is 20.9 Å². The van der Waals surface area contributed by atoms with Crippen molar-refractivity contribution in [2.24, 2.45) is 0 Å². The number of carbonyl (C=O) groups is 2. The van der Waals surface area contributed by atoms with Crippen molar-refractivity contribution in [2.75, 3.05) is 19.0 Å². The number of hydrogen-bond donors (Lipinski definition) is 3.